The molecule has 0 radical (unpaired) electrons. The Morgan fingerprint density at radius 2 is 1.85 bits per heavy atom. The van der Waals surface area contributed by atoms with Gasteiger partial charge >= 0.3 is 0 Å². The predicted octanol–water partition coefficient (Wildman–Crippen LogP) is 3.84. The smallest absolute Gasteiger partial charge is 0.0860 e. The summed E-state index contributed by atoms with van der Waals surface area (Å²) < 4.78 is 4.09. The second kappa shape index (κ2) is 6.02. The Morgan fingerprint density at radius 3 is 2.40 bits per heavy atom. The molecular weight excluding hydrogens is 266 g/mol. The lowest BCUT2D eigenvalue weighted by Crippen LogP contribution is -2.19. The van der Waals surface area contributed by atoms with Crippen LogP contribution in [0.15, 0.2) is 24.3 Å². The van der Waals surface area contributed by atoms with Crippen LogP contribution >= 0.6 is 11.5 Å². The van der Waals surface area contributed by atoms with E-state index in [0.717, 1.165) is 22.6 Å². The van der Waals surface area contributed by atoms with Crippen LogP contribution < -0.4 is 5.73 Å². The van der Waals surface area contributed by atoms with Gasteiger partial charge in [0.2, 0.25) is 0 Å². The Bertz CT molecular complexity index is 552. The quantitative estimate of drug-likeness (QED) is 0.930. The molecule has 3 nitrogen and oxygen atoms in total. The highest BCUT2D eigenvalue weighted by atomic mass is 32.1. The molecule has 4 heteroatoms. The van der Waals surface area contributed by atoms with Crippen molar-refractivity contribution in [2.24, 2.45) is 5.73 Å². The fourth-order valence-corrected chi connectivity index (χ4v) is 3.15. The van der Waals surface area contributed by atoms with Crippen molar-refractivity contribution in [2.45, 2.75) is 52.0 Å². The van der Waals surface area contributed by atoms with E-state index in [1.807, 2.05) is 0 Å². The van der Waals surface area contributed by atoms with Gasteiger partial charge in [-0.2, -0.15) is 0 Å². The van der Waals surface area contributed by atoms with Gasteiger partial charge in [-0.05, 0) is 29.1 Å². The Labute approximate surface area is 125 Å². The maximum absolute atomic E-state index is 6.41. The van der Waals surface area contributed by atoms with E-state index in [1.165, 1.54) is 23.5 Å². The molecule has 0 bridgehead atoms. The van der Waals surface area contributed by atoms with Gasteiger partial charge in [-0.25, -0.2) is 0 Å². The molecule has 108 valence electrons. The van der Waals surface area contributed by atoms with Gasteiger partial charge in [0.25, 0.3) is 0 Å². The summed E-state index contributed by atoms with van der Waals surface area (Å²) in [6.45, 7) is 8.62. The monoisotopic (exact) mass is 289 g/mol. The van der Waals surface area contributed by atoms with Crippen LogP contribution in [0.5, 0.6) is 0 Å². The predicted molar refractivity (Wildman–Crippen MR) is 85.1 cm³/mol. The highest BCUT2D eigenvalue weighted by Gasteiger charge is 2.26. The molecule has 1 aromatic carbocycles. The Morgan fingerprint density at radius 1 is 1.20 bits per heavy atom. The molecule has 2 rings (SSSR count). The third-order valence-corrected chi connectivity index (χ3v) is 4.19. The van der Waals surface area contributed by atoms with E-state index in [4.69, 9.17) is 5.73 Å². The molecule has 0 saturated heterocycles. The Kier molecular flexibility index (Phi) is 4.55. The minimum absolute atomic E-state index is 0.0257. The summed E-state index contributed by atoms with van der Waals surface area (Å²) in [7, 11) is 0. The average Bonchev–Trinajstić information content (AvgIpc) is 2.88. The van der Waals surface area contributed by atoms with E-state index in [1.54, 1.807) is 0 Å². The van der Waals surface area contributed by atoms with Crippen molar-refractivity contribution in [1.29, 1.82) is 0 Å². The number of aryl methyl sites for hydroxylation is 1. The number of nitrogens with zero attached hydrogens (tertiary/aromatic N) is 2. The van der Waals surface area contributed by atoms with Crippen molar-refractivity contribution in [3.8, 4) is 0 Å². The molecule has 0 aliphatic rings. The number of aromatic nitrogens is 2. The minimum atomic E-state index is -0.139. The van der Waals surface area contributed by atoms with Crippen LogP contribution in [-0.4, -0.2) is 9.59 Å². The van der Waals surface area contributed by atoms with Gasteiger partial charge in [0.05, 0.1) is 16.6 Å². The average molecular weight is 289 g/mol. The summed E-state index contributed by atoms with van der Waals surface area (Å²) >= 11 is 1.41. The molecule has 1 aromatic heterocycles. The lowest BCUT2D eigenvalue weighted by atomic mass is 9.89. The van der Waals surface area contributed by atoms with Gasteiger partial charge in [-0.3, -0.25) is 0 Å². The van der Waals surface area contributed by atoms with Crippen LogP contribution in [0.4, 0.5) is 0 Å². The van der Waals surface area contributed by atoms with Crippen LogP contribution in [0.3, 0.4) is 0 Å². The molecule has 20 heavy (non-hydrogen) atoms. The molecule has 2 N–H and O–H groups in total. The summed E-state index contributed by atoms with van der Waals surface area (Å²) in [6.07, 6.45) is 2.28. The molecule has 1 unspecified atom stereocenters. The second-order valence-electron chi connectivity index (χ2n) is 6.21. The molecular formula is C16H23N3S. The van der Waals surface area contributed by atoms with E-state index in [9.17, 15) is 0 Å². The van der Waals surface area contributed by atoms with Crippen LogP contribution in [0, 0.1) is 0 Å². The van der Waals surface area contributed by atoms with Crippen molar-refractivity contribution in [3.05, 3.63) is 46.0 Å². The molecule has 0 aliphatic carbocycles. The molecule has 0 fully saturated rings. The first-order valence-electron chi connectivity index (χ1n) is 7.10. The van der Waals surface area contributed by atoms with Crippen molar-refractivity contribution < 1.29 is 0 Å². The number of nitrogens with two attached hydrogens (primary N) is 1. The van der Waals surface area contributed by atoms with E-state index >= 15 is 0 Å². The fraction of sp³-hybridized carbons (Fsp3) is 0.500. The van der Waals surface area contributed by atoms with E-state index in [-0.39, 0.29) is 11.5 Å². The summed E-state index contributed by atoms with van der Waals surface area (Å²) in [5.74, 6) is 0. The molecule has 1 heterocycles. The highest BCUT2D eigenvalue weighted by Crippen LogP contribution is 2.32. The first-order valence-corrected chi connectivity index (χ1v) is 7.88. The fourth-order valence-electron chi connectivity index (χ4n) is 2.25. The second-order valence-corrected chi connectivity index (χ2v) is 6.99. The van der Waals surface area contributed by atoms with Gasteiger partial charge in [0.1, 0.15) is 0 Å². The summed E-state index contributed by atoms with van der Waals surface area (Å²) in [5, 5.41) is 4.27. The topological polar surface area (TPSA) is 51.8 Å². The zero-order valence-electron chi connectivity index (χ0n) is 12.7. The third-order valence-electron chi connectivity index (χ3n) is 3.38. The zero-order valence-corrected chi connectivity index (χ0v) is 13.5. The van der Waals surface area contributed by atoms with Gasteiger partial charge in [-0.1, -0.05) is 62.9 Å². The van der Waals surface area contributed by atoms with E-state index in [0.29, 0.717) is 0 Å². The first-order chi connectivity index (χ1) is 9.43. The van der Waals surface area contributed by atoms with Crippen molar-refractivity contribution in [3.63, 3.8) is 0 Å². The number of hydrogen-bond acceptors (Lipinski definition) is 4. The van der Waals surface area contributed by atoms with Crippen molar-refractivity contribution in [1.82, 2.24) is 9.59 Å². The zero-order chi connectivity index (χ0) is 14.8. The van der Waals surface area contributed by atoms with Gasteiger partial charge in [-0.15, -0.1) is 5.10 Å². The van der Waals surface area contributed by atoms with Gasteiger partial charge in [0.15, 0.2) is 0 Å². The number of hydrogen-bond donors (Lipinski definition) is 1. The van der Waals surface area contributed by atoms with Crippen LogP contribution in [0.25, 0.3) is 0 Å². The third kappa shape index (κ3) is 3.25. The van der Waals surface area contributed by atoms with Gasteiger partial charge < -0.3 is 5.73 Å². The van der Waals surface area contributed by atoms with Crippen LogP contribution in [0.2, 0.25) is 0 Å². The molecule has 2 aromatic rings. The molecule has 0 amide bonds. The summed E-state index contributed by atoms with van der Waals surface area (Å²) in [5.41, 5.74) is 9.88. The molecule has 0 aliphatic heterocycles. The first kappa shape index (κ1) is 15.1. The maximum Gasteiger partial charge on any atom is 0.0860 e. The standard InChI is InChI=1S/C16H23N3S/c1-5-6-11-7-9-12(10-8-11)13(17)14-15(16(2,3)4)18-19-20-14/h7-10,13H,5-6,17H2,1-4H3. The largest absolute Gasteiger partial charge is 0.320 e. The molecule has 0 spiro atoms. The Hall–Kier alpha value is -1.26. The minimum Gasteiger partial charge on any atom is -0.320 e. The van der Waals surface area contributed by atoms with Crippen molar-refractivity contribution in [2.75, 3.05) is 0 Å². The summed E-state index contributed by atoms with van der Waals surface area (Å²) in [4.78, 5) is 1.07. The highest BCUT2D eigenvalue weighted by molar-refractivity contribution is 7.05. The van der Waals surface area contributed by atoms with Crippen LogP contribution in [0.1, 0.15) is 61.9 Å². The lowest BCUT2D eigenvalue weighted by molar-refractivity contribution is 0.556. The molecule has 0 saturated carbocycles. The lowest BCUT2D eigenvalue weighted by Gasteiger charge is -2.19. The van der Waals surface area contributed by atoms with Gasteiger partial charge in [0, 0.05) is 5.41 Å². The molecule has 1 atom stereocenters. The Balaban J connectivity index is 2.27. The summed E-state index contributed by atoms with van der Waals surface area (Å²) in [6, 6.07) is 8.46. The van der Waals surface area contributed by atoms with E-state index < -0.39 is 0 Å². The van der Waals surface area contributed by atoms with E-state index in [2.05, 4.69) is 61.5 Å². The number of rotatable bonds is 4. The van der Waals surface area contributed by atoms with Crippen LogP contribution in [-0.2, 0) is 11.8 Å². The number of benzene rings is 1. The maximum atomic E-state index is 6.41. The normalized spacial score (nSPS) is 13.4. The SMILES string of the molecule is CCCc1ccc(C(N)c2snnc2C(C)(C)C)cc1. The van der Waals surface area contributed by atoms with Crippen molar-refractivity contribution >= 4 is 11.5 Å².